The molecule has 132 valence electrons. The molecule has 0 aromatic heterocycles. The van der Waals surface area contributed by atoms with Crippen LogP contribution in [0, 0.1) is 5.92 Å². The zero-order chi connectivity index (χ0) is 18.0. The summed E-state index contributed by atoms with van der Waals surface area (Å²) in [5.41, 5.74) is 2.36. The molecule has 0 radical (unpaired) electrons. The van der Waals surface area contributed by atoms with Crippen LogP contribution in [-0.2, 0) is 6.42 Å². The summed E-state index contributed by atoms with van der Waals surface area (Å²) in [7, 11) is 3.25. The molecule has 5 heteroatoms. The second-order valence-corrected chi connectivity index (χ2v) is 7.04. The molecule has 2 aromatic rings. The topological polar surface area (TPSA) is 38.8 Å². The van der Waals surface area contributed by atoms with E-state index >= 15 is 0 Å². The third-order valence-electron chi connectivity index (χ3n) is 4.62. The van der Waals surface area contributed by atoms with Gasteiger partial charge in [0.25, 0.3) is 0 Å². The number of nitrogens with zero attached hydrogens (tertiary/aromatic N) is 1. The Hall–Kier alpha value is -2.20. The van der Waals surface area contributed by atoms with E-state index in [4.69, 9.17) is 21.1 Å². The highest BCUT2D eigenvalue weighted by molar-refractivity contribution is 6.32. The van der Waals surface area contributed by atoms with Gasteiger partial charge in [0.2, 0.25) is 0 Å². The van der Waals surface area contributed by atoms with Crippen molar-refractivity contribution in [2.75, 3.05) is 20.7 Å². The zero-order valence-electron chi connectivity index (χ0n) is 14.7. The molecule has 0 saturated heterocycles. The molecule has 1 heterocycles. The summed E-state index contributed by atoms with van der Waals surface area (Å²) in [5, 5.41) is 0.421. The molecule has 2 aromatic carbocycles. The molecule has 0 aliphatic carbocycles. The minimum Gasteiger partial charge on any atom is -0.493 e. The van der Waals surface area contributed by atoms with Crippen LogP contribution in [0.4, 0.5) is 4.79 Å². The molecular formula is C20H22ClNO3. The average molecular weight is 360 g/mol. The molecule has 3 rings (SSSR count). The van der Waals surface area contributed by atoms with Gasteiger partial charge >= 0.3 is 6.09 Å². The molecular weight excluding hydrogens is 338 g/mol. The van der Waals surface area contributed by atoms with Crippen LogP contribution in [-0.4, -0.2) is 31.7 Å². The van der Waals surface area contributed by atoms with Gasteiger partial charge in [0.15, 0.2) is 5.75 Å². The average Bonchev–Trinajstić information content (AvgIpc) is 2.59. The number of amides is 1. The van der Waals surface area contributed by atoms with Crippen molar-refractivity contribution in [1.82, 2.24) is 4.90 Å². The lowest BCUT2D eigenvalue weighted by molar-refractivity contribution is 0.170. The van der Waals surface area contributed by atoms with E-state index in [1.807, 2.05) is 12.1 Å². The van der Waals surface area contributed by atoms with E-state index in [9.17, 15) is 4.79 Å². The van der Waals surface area contributed by atoms with Gasteiger partial charge in [-0.1, -0.05) is 48.9 Å². The molecule has 0 saturated carbocycles. The van der Waals surface area contributed by atoms with Gasteiger partial charge in [-0.25, -0.2) is 4.79 Å². The maximum absolute atomic E-state index is 11.8. The number of carbonyl (C=O) groups is 1. The Balaban J connectivity index is 1.80. The zero-order valence-corrected chi connectivity index (χ0v) is 15.4. The van der Waals surface area contributed by atoms with Crippen molar-refractivity contribution in [3.05, 3.63) is 58.6 Å². The summed E-state index contributed by atoms with van der Waals surface area (Å²) < 4.78 is 11.3. The Bertz CT molecular complexity index is 761. The lowest BCUT2D eigenvalue weighted by atomic mass is 9.82. The Morgan fingerprint density at radius 2 is 2.00 bits per heavy atom. The third-order valence-corrected chi connectivity index (χ3v) is 4.91. The fourth-order valence-corrected chi connectivity index (χ4v) is 3.25. The van der Waals surface area contributed by atoms with Crippen molar-refractivity contribution in [3.63, 3.8) is 0 Å². The van der Waals surface area contributed by atoms with Crippen LogP contribution in [0.5, 0.6) is 11.5 Å². The standard InChI is InChI=1S/C20H22ClNO3/c1-13-15(9-14-7-5-4-6-8-14)12-24-18-11-19(17(21)10-16(13)18)25-20(23)22(2)3/h4-8,10-11,13,15H,9,12H2,1-3H3/t13-,15-/m1/s1. The lowest BCUT2D eigenvalue weighted by Gasteiger charge is -2.32. The van der Waals surface area contributed by atoms with Gasteiger partial charge in [0, 0.05) is 26.1 Å². The van der Waals surface area contributed by atoms with Crippen LogP contribution in [0.3, 0.4) is 0 Å². The van der Waals surface area contributed by atoms with E-state index in [1.165, 1.54) is 10.5 Å². The highest BCUT2D eigenvalue weighted by Crippen LogP contribution is 2.43. The summed E-state index contributed by atoms with van der Waals surface area (Å²) in [6, 6.07) is 14.0. The molecule has 25 heavy (non-hydrogen) atoms. The summed E-state index contributed by atoms with van der Waals surface area (Å²) in [4.78, 5) is 13.1. The quantitative estimate of drug-likeness (QED) is 0.793. The number of hydrogen-bond donors (Lipinski definition) is 0. The summed E-state index contributed by atoms with van der Waals surface area (Å²) in [6.07, 6.45) is 0.490. The smallest absolute Gasteiger partial charge is 0.414 e. The van der Waals surface area contributed by atoms with Gasteiger partial charge in [-0.15, -0.1) is 0 Å². The molecule has 0 fully saturated rings. The van der Waals surface area contributed by atoms with Gasteiger partial charge in [-0.2, -0.15) is 0 Å². The molecule has 0 N–H and O–H groups in total. The minimum atomic E-state index is -0.465. The molecule has 4 nitrogen and oxygen atoms in total. The Morgan fingerprint density at radius 1 is 1.28 bits per heavy atom. The van der Waals surface area contributed by atoms with Gasteiger partial charge < -0.3 is 14.4 Å². The summed E-state index contributed by atoms with van der Waals surface area (Å²) >= 11 is 6.33. The van der Waals surface area contributed by atoms with E-state index < -0.39 is 6.09 Å². The van der Waals surface area contributed by atoms with Gasteiger partial charge in [-0.05, 0) is 29.5 Å². The Kier molecular flexibility index (Phi) is 5.19. The fraction of sp³-hybridized carbons (Fsp3) is 0.350. The van der Waals surface area contributed by atoms with E-state index in [0.29, 0.717) is 29.2 Å². The fourth-order valence-electron chi connectivity index (χ4n) is 3.04. The number of fused-ring (bicyclic) bond motifs is 1. The second-order valence-electron chi connectivity index (χ2n) is 6.63. The van der Waals surface area contributed by atoms with Crippen molar-refractivity contribution in [1.29, 1.82) is 0 Å². The SMILES string of the molecule is C[C@H]1c2cc(Cl)c(OC(=O)N(C)C)cc2OC[C@H]1Cc1ccccc1. The minimum absolute atomic E-state index is 0.306. The van der Waals surface area contributed by atoms with Gasteiger partial charge in [0.05, 0.1) is 11.6 Å². The van der Waals surface area contributed by atoms with Gasteiger partial charge in [0.1, 0.15) is 5.75 Å². The molecule has 1 amide bonds. The molecule has 0 unspecified atom stereocenters. The highest BCUT2D eigenvalue weighted by Gasteiger charge is 2.29. The number of rotatable bonds is 3. The van der Waals surface area contributed by atoms with Gasteiger partial charge in [-0.3, -0.25) is 0 Å². The Labute approximate surface area is 153 Å². The van der Waals surface area contributed by atoms with E-state index in [-0.39, 0.29) is 0 Å². The van der Waals surface area contributed by atoms with Crippen molar-refractivity contribution in [3.8, 4) is 11.5 Å². The monoisotopic (exact) mass is 359 g/mol. The van der Waals surface area contributed by atoms with Crippen molar-refractivity contribution in [2.24, 2.45) is 5.92 Å². The number of halogens is 1. The van der Waals surface area contributed by atoms with E-state index in [0.717, 1.165) is 17.7 Å². The largest absolute Gasteiger partial charge is 0.493 e. The molecule has 0 spiro atoms. The molecule has 2 atom stereocenters. The predicted molar refractivity (Wildman–Crippen MR) is 98.7 cm³/mol. The lowest BCUT2D eigenvalue weighted by Crippen LogP contribution is -2.27. The summed E-state index contributed by atoms with van der Waals surface area (Å²) in [5.74, 6) is 1.75. The predicted octanol–water partition coefficient (Wildman–Crippen LogP) is 4.76. The first kappa shape index (κ1) is 17.6. The van der Waals surface area contributed by atoms with Crippen molar-refractivity contribution >= 4 is 17.7 Å². The normalized spacial score (nSPS) is 18.9. The first-order chi connectivity index (χ1) is 12.0. The van der Waals surface area contributed by atoms with Crippen LogP contribution < -0.4 is 9.47 Å². The van der Waals surface area contributed by atoms with Crippen LogP contribution in [0.2, 0.25) is 5.02 Å². The number of benzene rings is 2. The van der Waals surface area contributed by atoms with Crippen LogP contribution >= 0.6 is 11.6 Å². The maximum Gasteiger partial charge on any atom is 0.414 e. The number of ether oxygens (including phenoxy) is 2. The van der Waals surface area contributed by atoms with Crippen LogP contribution in [0.15, 0.2) is 42.5 Å². The molecule has 0 bridgehead atoms. The molecule has 1 aliphatic heterocycles. The maximum atomic E-state index is 11.8. The Morgan fingerprint density at radius 3 is 2.68 bits per heavy atom. The summed E-state index contributed by atoms with van der Waals surface area (Å²) in [6.45, 7) is 2.82. The first-order valence-electron chi connectivity index (χ1n) is 8.35. The second kappa shape index (κ2) is 7.36. The highest BCUT2D eigenvalue weighted by atomic mass is 35.5. The van der Waals surface area contributed by atoms with Crippen molar-refractivity contribution < 1.29 is 14.3 Å². The van der Waals surface area contributed by atoms with Crippen LogP contribution in [0.1, 0.15) is 24.0 Å². The number of carbonyl (C=O) groups excluding carboxylic acids is 1. The number of hydrogen-bond acceptors (Lipinski definition) is 3. The molecule has 1 aliphatic rings. The first-order valence-corrected chi connectivity index (χ1v) is 8.72. The van der Waals surface area contributed by atoms with Crippen molar-refractivity contribution in [2.45, 2.75) is 19.3 Å². The van der Waals surface area contributed by atoms with Crippen LogP contribution in [0.25, 0.3) is 0 Å². The third kappa shape index (κ3) is 3.90. The van der Waals surface area contributed by atoms with E-state index in [1.54, 1.807) is 20.2 Å². The van der Waals surface area contributed by atoms with E-state index in [2.05, 4.69) is 31.2 Å².